The first-order chi connectivity index (χ1) is 10.1. The van der Waals surface area contributed by atoms with Crippen molar-refractivity contribution >= 4 is 12.1 Å². The predicted octanol–water partition coefficient (Wildman–Crippen LogP) is 3.02. The van der Waals surface area contributed by atoms with Gasteiger partial charge < -0.3 is 15.2 Å². The van der Waals surface area contributed by atoms with E-state index in [1.54, 1.807) is 19.1 Å². The number of ether oxygens (including phenoxy) is 1. The number of carbonyl (C=O) groups excluding carboxylic acids is 2. The molecule has 0 radical (unpaired) electrons. The fraction of sp³-hybridized carbons (Fsp3) is 0.125. The summed E-state index contributed by atoms with van der Waals surface area (Å²) in [5.74, 6) is -1.13. The van der Waals surface area contributed by atoms with Gasteiger partial charge in [-0.3, -0.25) is 0 Å². The van der Waals surface area contributed by atoms with E-state index in [0.717, 1.165) is 5.56 Å². The molecule has 5 nitrogen and oxygen atoms in total. The lowest BCUT2D eigenvalue weighted by Crippen LogP contribution is -2.29. The second-order valence-corrected chi connectivity index (χ2v) is 4.47. The number of carbonyl (C=O) groups is 2. The highest BCUT2D eigenvalue weighted by Crippen LogP contribution is 2.17. The summed E-state index contributed by atoms with van der Waals surface area (Å²) >= 11 is 0. The number of alkyl carbamates (subject to hydrolysis) is 1. The van der Waals surface area contributed by atoms with Crippen LogP contribution in [0.1, 0.15) is 28.9 Å². The zero-order valence-electron chi connectivity index (χ0n) is 11.4. The third kappa shape index (κ3) is 3.82. The summed E-state index contributed by atoms with van der Waals surface area (Å²) in [5.41, 5.74) is 0.837. The van der Waals surface area contributed by atoms with Crippen molar-refractivity contribution in [2.24, 2.45) is 0 Å². The molecule has 0 heterocycles. The van der Waals surface area contributed by atoms with Gasteiger partial charge in [0.2, 0.25) is 0 Å². The number of hydrogen-bond acceptors (Lipinski definition) is 4. The minimum atomic E-state index is -0.897. The van der Waals surface area contributed by atoms with Crippen molar-refractivity contribution < 1.29 is 19.4 Å². The van der Waals surface area contributed by atoms with Gasteiger partial charge in [0, 0.05) is 0 Å². The number of nitrogens with one attached hydrogen (secondary N) is 1. The summed E-state index contributed by atoms with van der Waals surface area (Å²) in [4.78, 5) is 23.4. The summed E-state index contributed by atoms with van der Waals surface area (Å²) in [6.07, 6.45) is -0.861. The van der Waals surface area contributed by atoms with E-state index in [9.17, 15) is 14.7 Å². The number of hydrogen-bond donors (Lipinski definition) is 2. The van der Waals surface area contributed by atoms with Crippen LogP contribution >= 0.6 is 0 Å². The summed E-state index contributed by atoms with van der Waals surface area (Å²) in [7, 11) is 0. The standard InChI is InChI=1S/C16H15NO4/c1-11(12-7-3-2-4-8-12)17-16(20)21-15(19)13-9-5-6-10-14(13)18/h2-11,18H,1H3,(H,17,20). The SMILES string of the molecule is CC(NC(=O)OC(=O)c1ccccc1O)c1ccccc1. The van der Waals surface area contributed by atoms with Crippen molar-refractivity contribution in [1.29, 1.82) is 0 Å². The van der Waals surface area contributed by atoms with Crippen LogP contribution in [0.3, 0.4) is 0 Å². The number of para-hydroxylation sites is 1. The van der Waals surface area contributed by atoms with E-state index in [2.05, 4.69) is 10.1 Å². The molecule has 1 atom stereocenters. The van der Waals surface area contributed by atoms with E-state index in [-0.39, 0.29) is 17.4 Å². The molecule has 0 aliphatic carbocycles. The Labute approximate surface area is 122 Å². The molecule has 0 aromatic heterocycles. The van der Waals surface area contributed by atoms with Crippen molar-refractivity contribution in [3.63, 3.8) is 0 Å². The zero-order chi connectivity index (χ0) is 15.2. The van der Waals surface area contributed by atoms with Crippen molar-refractivity contribution in [2.75, 3.05) is 0 Å². The lowest BCUT2D eigenvalue weighted by atomic mass is 10.1. The van der Waals surface area contributed by atoms with Gasteiger partial charge in [-0.15, -0.1) is 0 Å². The highest BCUT2D eigenvalue weighted by molar-refractivity contribution is 5.98. The largest absolute Gasteiger partial charge is 0.507 e. The number of phenolic OH excluding ortho intramolecular Hbond substituents is 1. The maximum absolute atomic E-state index is 11.8. The predicted molar refractivity (Wildman–Crippen MR) is 76.9 cm³/mol. The number of rotatable bonds is 3. The molecular weight excluding hydrogens is 270 g/mol. The van der Waals surface area contributed by atoms with Crippen LogP contribution in [0.2, 0.25) is 0 Å². The Balaban J connectivity index is 1.96. The third-order valence-electron chi connectivity index (χ3n) is 2.94. The van der Waals surface area contributed by atoms with Crippen LogP contribution in [0.25, 0.3) is 0 Å². The Morgan fingerprint density at radius 2 is 1.67 bits per heavy atom. The molecule has 0 fully saturated rings. The molecule has 0 saturated heterocycles. The quantitative estimate of drug-likeness (QED) is 0.671. The summed E-state index contributed by atoms with van der Waals surface area (Å²) in [6, 6.07) is 14.9. The summed E-state index contributed by atoms with van der Waals surface area (Å²) in [6.45, 7) is 1.78. The average molecular weight is 285 g/mol. The Kier molecular flexibility index (Phi) is 4.56. The number of amides is 1. The van der Waals surface area contributed by atoms with Gasteiger partial charge in [-0.2, -0.15) is 0 Å². The molecule has 2 aromatic carbocycles. The third-order valence-corrected chi connectivity index (χ3v) is 2.94. The van der Waals surface area contributed by atoms with E-state index in [0.29, 0.717) is 0 Å². The molecule has 5 heteroatoms. The number of phenols is 1. The second kappa shape index (κ2) is 6.56. The molecule has 0 aliphatic heterocycles. The number of benzene rings is 2. The summed E-state index contributed by atoms with van der Waals surface area (Å²) < 4.78 is 4.66. The Morgan fingerprint density at radius 3 is 2.33 bits per heavy atom. The molecule has 0 spiro atoms. The molecular formula is C16H15NO4. The van der Waals surface area contributed by atoms with Crippen LogP contribution < -0.4 is 5.32 Å². The van der Waals surface area contributed by atoms with E-state index in [1.807, 2.05) is 30.3 Å². The molecule has 2 rings (SSSR count). The maximum atomic E-state index is 11.8. The number of aromatic hydroxyl groups is 1. The lowest BCUT2D eigenvalue weighted by Gasteiger charge is -2.13. The van der Waals surface area contributed by atoms with Crippen LogP contribution in [0.4, 0.5) is 4.79 Å². The van der Waals surface area contributed by atoms with Gasteiger partial charge in [0.05, 0.1) is 6.04 Å². The molecule has 108 valence electrons. The number of esters is 1. The minimum absolute atomic E-state index is 0.0555. The highest BCUT2D eigenvalue weighted by atomic mass is 16.6. The van der Waals surface area contributed by atoms with Crippen LogP contribution in [-0.2, 0) is 4.74 Å². The van der Waals surface area contributed by atoms with Gasteiger partial charge in [0.25, 0.3) is 0 Å². The second-order valence-electron chi connectivity index (χ2n) is 4.47. The topological polar surface area (TPSA) is 75.6 Å². The first-order valence-electron chi connectivity index (χ1n) is 6.43. The van der Waals surface area contributed by atoms with Crippen LogP contribution in [0, 0.1) is 0 Å². The van der Waals surface area contributed by atoms with E-state index < -0.39 is 12.1 Å². The van der Waals surface area contributed by atoms with E-state index in [1.165, 1.54) is 12.1 Å². The Hall–Kier alpha value is -2.82. The molecule has 2 aromatic rings. The smallest absolute Gasteiger partial charge is 0.415 e. The monoisotopic (exact) mass is 285 g/mol. The first-order valence-corrected chi connectivity index (χ1v) is 6.43. The van der Waals surface area contributed by atoms with E-state index >= 15 is 0 Å². The molecule has 21 heavy (non-hydrogen) atoms. The zero-order valence-corrected chi connectivity index (χ0v) is 11.4. The van der Waals surface area contributed by atoms with Gasteiger partial charge in [0.15, 0.2) is 0 Å². The van der Waals surface area contributed by atoms with Gasteiger partial charge in [0.1, 0.15) is 11.3 Å². The Bertz CT molecular complexity index is 640. The van der Waals surface area contributed by atoms with Gasteiger partial charge >= 0.3 is 12.1 Å². The molecule has 1 unspecified atom stereocenters. The highest BCUT2D eigenvalue weighted by Gasteiger charge is 2.17. The summed E-state index contributed by atoms with van der Waals surface area (Å²) in [5, 5.41) is 12.1. The lowest BCUT2D eigenvalue weighted by molar-refractivity contribution is 0.0615. The molecule has 0 bridgehead atoms. The molecule has 2 N–H and O–H groups in total. The van der Waals surface area contributed by atoms with Crippen LogP contribution in [-0.4, -0.2) is 17.2 Å². The van der Waals surface area contributed by atoms with Gasteiger partial charge in [-0.1, -0.05) is 42.5 Å². The van der Waals surface area contributed by atoms with Crippen molar-refractivity contribution in [3.05, 3.63) is 65.7 Å². The van der Waals surface area contributed by atoms with Crippen LogP contribution in [0.5, 0.6) is 5.75 Å². The van der Waals surface area contributed by atoms with Crippen molar-refractivity contribution in [1.82, 2.24) is 5.32 Å². The van der Waals surface area contributed by atoms with Gasteiger partial charge in [-0.25, -0.2) is 9.59 Å². The maximum Gasteiger partial charge on any atom is 0.415 e. The van der Waals surface area contributed by atoms with Crippen molar-refractivity contribution in [2.45, 2.75) is 13.0 Å². The molecule has 0 aliphatic rings. The fourth-order valence-electron chi connectivity index (χ4n) is 1.82. The van der Waals surface area contributed by atoms with Gasteiger partial charge in [-0.05, 0) is 24.6 Å². The van der Waals surface area contributed by atoms with E-state index in [4.69, 9.17) is 0 Å². The molecule has 0 saturated carbocycles. The van der Waals surface area contributed by atoms with Crippen LogP contribution in [0.15, 0.2) is 54.6 Å². The normalized spacial score (nSPS) is 11.5. The fourth-order valence-corrected chi connectivity index (χ4v) is 1.82. The molecule has 1 amide bonds. The Morgan fingerprint density at radius 1 is 1.05 bits per heavy atom. The first kappa shape index (κ1) is 14.6. The average Bonchev–Trinajstić information content (AvgIpc) is 2.48. The van der Waals surface area contributed by atoms with Crippen molar-refractivity contribution in [3.8, 4) is 5.75 Å². The minimum Gasteiger partial charge on any atom is -0.507 e.